The zero-order chi connectivity index (χ0) is 11.7. The Hall–Kier alpha value is -2.36. The Bertz CT molecular complexity index is 622. The second-order valence-electron chi connectivity index (χ2n) is 3.91. The first-order chi connectivity index (χ1) is 8.34. The van der Waals surface area contributed by atoms with Crippen molar-refractivity contribution in [3.05, 3.63) is 54.9 Å². The van der Waals surface area contributed by atoms with Crippen LogP contribution in [-0.4, -0.2) is 19.5 Å². The molecule has 0 spiro atoms. The van der Waals surface area contributed by atoms with E-state index in [4.69, 9.17) is 0 Å². The molecule has 0 amide bonds. The number of rotatable bonds is 2. The zero-order valence-corrected chi connectivity index (χ0v) is 9.46. The standard InChI is InChI=1S/C13H12N4/c1-10-4-2-3-5-13(10)17-7-12(16-9-17)11-6-14-8-15-11/h2-9H,1H3,(H,14,15). The van der Waals surface area contributed by atoms with E-state index in [0.29, 0.717) is 0 Å². The molecule has 3 rings (SSSR count). The third kappa shape index (κ3) is 1.73. The molecule has 0 saturated heterocycles. The van der Waals surface area contributed by atoms with Crippen molar-refractivity contribution in [2.24, 2.45) is 0 Å². The number of nitrogens with zero attached hydrogens (tertiary/aromatic N) is 3. The topological polar surface area (TPSA) is 46.5 Å². The highest BCUT2D eigenvalue weighted by molar-refractivity contribution is 5.53. The zero-order valence-electron chi connectivity index (χ0n) is 9.46. The second-order valence-corrected chi connectivity index (χ2v) is 3.91. The van der Waals surface area contributed by atoms with Crippen molar-refractivity contribution in [1.82, 2.24) is 19.5 Å². The summed E-state index contributed by atoms with van der Waals surface area (Å²) in [5.74, 6) is 0. The molecule has 0 radical (unpaired) electrons. The van der Waals surface area contributed by atoms with Gasteiger partial charge in [-0.05, 0) is 18.6 Å². The van der Waals surface area contributed by atoms with E-state index in [1.54, 1.807) is 6.33 Å². The molecule has 1 N–H and O–H groups in total. The molecule has 0 fully saturated rings. The number of H-pyrrole nitrogens is 1. The Morgan fingerprint density at radius 3 is 2.76 bits per heavy atom. The maximum Gasteiger partial charge on any atom is 0.109 e. The van der Waals surface area contributed by atoms with Gasteiger partial charge in [-0.1, -0.05) is 18.2 Å². The average Bonchev–Trinajstić information content (AvgIpc) is 3.00. The minimum absolute atomic E-state index is 0.859. The van der Waals surface area contributed by atoms with Crippen LogP contribution in [0.5, 0.6) is 0 Å². The fraction of sp³-hybridized carbons (Fsp3) is 0.0769. The first-order valence-electron chi connectivity index (χ1n) is 5.44. The highest BCUT2D eigenvalue weighted by Crippen LogP contribution is 2.18. The number of hydrogen-bond donors (Lipinski definition) is 1. The molecule has 2 heterocycles. The van der Waals surface area contributed by atoms with Gasteiger partial charge in [0.1, 0.15) is 11.4 Å². The van der Waals surface area contributed by atoms with Gasteiger partial charge in [0.25, 0.3) is 0 Å². The molecule has 0 saturated carbocycles. The predicted molar refractivity (Wildman–Crippen MR) is 65.9 cm³/mol. The average molecular weight is 224 g/mol. The van der Waals surface area contributed by atoms with E-state index in [1.165, 1.54) is 5.56 Å². The Morgan fingerprint density at radius 2 is 2.00 bits per heavy atom. The van der Waals surface area contributed by atoms with Gasteiger partial charge in [-0.2, -0.15) is 0 Å². The molecule has 0 aliphatic rings. The number of benzene rings is 1. The molecule has 2 aromatic heterocycles. The van der Waals surface area contributed by atoms with Crippen molar-refractivity contribution < 1.29 is 0 Å². The minimum atomic E-state index is 0.859. The van der Waals surface area contributed by atoms with E-state index in [0.717, 1.165) is 17.1 Å². The Balaban J connectivity index is 2.04. The number of nitrogens with one attached hydrogen (secondary N) is 1. The lowest BCUT2D eigenvalue weighted by Crippen LogP contribution is -1.92. The summed E-state index contributed by atoms with van der Waals surface area (Å²) in [6, 6.07) is 8.22. The van der Waals surface area contributed by atoms with Crippen molar-refractivity contribution >= 4 is 0 Å². The fourth-order valence-electron chi connectivity index (χ4n) is 1.84. The lowest BCUT2D eigenvalue weighted by molar-refractivity contribution is 1.04. The van der Waals surface area contributed by atoms with Crippen LogP contribution in [-0.2, 0) is 0 Å². The summed E-state index contributed by atoms with van der Waals surface area (Å²) in [5.41, 5.74) is 4.09. The first-order valence-corrected chi connectivity index (χ1v) is 5.44. The summed E-state index contributed by atoms with van der Waals surface area (Å²) in [4.78, 5) is 11.5. The van der Waals surface area contributed by atoms with Crippen molar-refractivity contribution in [1.29, 1.82) is 0 Å². The van der Waals surface area contributed by atoms with E-state index in [1.807, 2.05) is 35.4 Å². The summed E-state index contributed by atoms with van der Waals surface area (Å²) in [6.45, 7) is 2.09. The maximum absolute atomic E-state index is 4.36. The molecular formula is C13H12N4. The molecule has 0 unspecified atom stereocenters. The van der Waals surface area contributed by atoms with Crippen LogP contribution in [0.1, 0.15) is 5.56 Å². The SMILES string of the molecule is Cc1ccccc1-n1cnc(-c2c[nH]cn2)c1. The molecule has 0 aliphatic heterocycles. The van der Waals surface area contributed by atoms with E-state index in [-0.39, 0.29) is 0 Å². The number of hydrogen-bond acceptors (Lipinski definition) is 2. The van der Waals surface area contributed by atoms with E-state index < -0.39 is 0 Å². The molecule has 0 aliphatic carbocycles. The van der Waals surface area contributed by atoms with Crippen LogP contribution in [0.3, 0.4) is 0 Å². The Kier molecular flexibility index (Phi) is 2.26. The van der Waals surface area contributed by atoms with Gasteiger partial charge in [0.05, 0.1) is 12.7 Å². The van der Waals surface area contributed by atoms with Crippen LogP contribution in [0.4, 0.5) is 0 Å². The van der Waals surface area contributed by atoms with E-state index in [9.17, 15) is 0 Å². The van der Waals surface area contributed by atoms with Gasteiger partial charge in [-0.15, -0.1) is 0 Å². The molecule has 0 atom stereocenters. The third-order valence-corrected chi connectivity index (χ3v) is 2.74. The smallest absolute Gasteiger partial charge is 0.109 e. The fourth-order valence-corrected chi connectivity index (χ4v) is 1.84. The van der Waals surface area contributed by atoms with Gasteiger partial charge in [0.15, 0.2) is 0 Å². The third-order valence-electron chi connectivity index (χ3n) is 2.74. The van der Waals surface area contributed by atoms with Gasteiger partial charge < -0.3 is 9.55 Å². The van der Waals surface area contributed by atoms with Crippen LogP contribution in [0.15, 0.2) is 49.3 Å². The van der Waals surface area contributed by atoms with Crippen molar-refractivity contribution in [3.63, 3.8) is 0 Å². The number of aromatic amines is 1. The number of imidazole rings is 2. The molecule has 84 valence electrons. The Labute approximate surface area is 99.0 Å². The van der Waals surface area contributed by atoms with Gasteiger partial charge in [-0.3, -0.25) is 0 Å². The molecule has 4 heteroatoms. The maximum atomic E-state index is 4.36. The largest absolute Gasteiger partial charge is 0.351 e. The highest BCUT2D eigenvalue weighted by Gasteiger charge is 2.05. The van der Waals surface area contributed by atoms with Crippen LogP contribution in [0.25, 0.3) is 17.1 Å². The van der Waals surface area contributed by atoms with Crippen molar-refractivity contribution in [2.75, 3.05) is 0 Å². The first kappa shape index (κ1) is 9.84. The monoisotopic (exact) mass is 224 g/mol. The summed E-state index contributed by atoms with van der Waals surface area (Å²) in [6.07, 6.45) is 7.29. The lowest BCUT2D eigenvalue weighted by Gasteiger charge is -2.04. The summed E-state index contributed by atoms with van der Waals surface area (Å²) in [5, 5.41) is 0. The predicted octanol–water partition coefficient (Wildman–Crippen LogP) is 2.57. The van der Waals surface area contributed by atoms with E-state index in [2.05, 4.69) is 34.0 Å². The molecule has 17 heavy (non-hydrogen) atoms. The lowest BCUT2D eigenvalue weighted by atomic mass is 10.2. The summed E-state index contributed by atoms with van der Waals surface area (Å²) < 4.78 is 2.01. The Morgan fingerprint density at radius 1 is 1.12 bits per heavy atom. The van der Waals surface area contributed by atoms with Crippen LogP contribution < -0.4 is 0 Å². The normalized spacial score (nSPS) is 10.6. The number of para-hydroxylation sites is 1. The van der Waals surface area contributed by atoms with Crippen LogP contribution in [0, 0.1) is 6.92 Å². The molecule has 0 bridgehead atoms. The molecule has 4 nitrogen and oxygen atoms in total. The van der Waals surface area contributed by atoms with Gasteiger partial charge in [0.2, 0.25) is 0 Å². The molecule has 1 aromatic carbocycles. The highest BCUT2D eigenvalue weighted by atomic mass is 15.0. The molecule has 3 aromatic rings. The summed E-state index contributed by atoms with van der Waals surface area (Å²) >= 11 is 0. The number of aromatic nitrogens is 4. The number of aryl methyl sites for hydroxylation is 1. The van der Waals surface area contributed by atoms with Gasteiger partial charge in [0, 0.05) is 18.1 Å². The van der Waals surface area contributed by atoms with Crippen LogP contribution in [0.2, 0.25) is 0 Å². The quantitative estimate of drug-likeness (QED) is 0.727. The van der Waals surface area contributed by atoms with Crippen molar-refractivity contribution in [3.8, 4) is 17.1 Å². The van der Waals surface area contributed by atoms with Gasteiger partial charge in [-0.25, -0.2) is 9.97 Å². The van der Waals surface area contributed by atoms with Crippen molar-refractivity contribution in [2.45, 2.75) is 6.92 Å². The summed E-state index contributed by atoms with van der Waals surface area (Å²) in [7, 11) is 0. The molecular weight excluding hydrogens is 212 g/mol. The van der Waals surface area contributed by atoms with Crippen LogP contribution >= 0.6 is 0 Å². The van der Waals surface area contributed by atoms with E-state index >= 15 is 0 Å². The van der Waals surface area contributed by atoms with Gasteiger partial charge >= 0.3 is 0 Å². The minimum Gasteiger partial charge on any atom is -0.351 e. The second kappa shape index (κ2) is 3.90.